The van der Waals surface area contributed by atoms with Crippen LogP contribution in [0.2, 0.25) is 0 Å². The smallest absolute Gasteiger partial charge is 0.336 e. The Balaban J connectivity index is 2.36. The number of carboxylic acids is 1. The molecule has 104 valence electrons. The standard InChI is InChI=1S/C17H12O4/c1-10-4-2-3-5-12(10)14-9-16(18)21-15-8-11(17(19)20)6-7-13(14)15/h2-9H,1H3,(H,19,20). The van der Waals surface area contributed by atoms with Gasteiger partial charge in [0.25, 0.3) is 0 Å². The van der Waals surface area contributed by atoms with Crippen LogP contribution in [-0.2, 0) is 0 Å². The van der Waals surface area contributed by atoms with E-state index in [9.17, 15) is 9.59 Å². The summed E-state index contributed by atoms with van der Waals surface area (Å²) < 4.78 is 5.14. The second-order valence-corrected chi connectivity index (χ2v) is 4.81. The van der Waals surface area contributed by atoms with Gasteiger partial charge < -0.3 is 9.52 Å². The minimum Gasteiger partial charge on any atom is -0.478 e. The summed E-state index contributed by atoms with van der Waals surface area (Å²) >= 11 is 0. The molecule has 0 aliphatic rings. The summed E-state index contributed by atoms with van der Waals surface area (Å²) in [5.41, 5.74) is 2.58. The molecule has 4 nitrogen and oxygen atoms in total. The van der Waals surface area contributed by atoms with Gasteiger partial charge in [0.1, 0.15) is 5.58 Å². The highest BCUT2D eigenvalue weighted by Gasteiger charge is 2.12. The molecule has 0 amide bonds. The average Bonchev–Trinajstić information content (AvgIpc) is 2.46. The van der Waals surface area contributed by atoms with Gasteiger partial charge in [-0.2, -0.15) is 0 Å². The van der Waals surface area contributed by atoms with Crippen LogP contribution in [0.25, 0.3) is 22.1 Å². The third kappa shape index (κ3) is 2.31. The first-order valence-electron chi connectivity index (χ1n) is 6.43. The van der Waals surface area contributed by atoms with E-state index in [1.807, 2.05) is 31.2 Å². The van der Waals surface area contributed by atoms with Crippen LogP contribution >= 0.6 is 0 Å². The van der Waals surface area contributed by atoms with E-state index in [0.29, 0.717) is 5.39 Å². The molecule has 0 saturated heterocycles. The Morgan fingerprint density at radius 3 is 2.52 bits per heavy atom. The van der Waals surface area contributed by atoms with E-state index in [2.05, 4.69) is 0 Å². The van der Waals surface area contributed by atoms with Crippen molar-refractivity contribution in [3.8, 4) is 11.1 Å². The average molecular weight is 280 g/mol. The molecule has 3 rings (SSSR count). The maximum absolute atomic E-state index is 11.8. The van der Waals surface area contributed by atoms with Gasteiger partial charge in [-0.1, -0.05) is 24.3 Å². The van der Waals surface area contributed by atoms with Crippen LogP contribution in [0.3, 0.4) is 0 Å². The lowest BCUT2D eigenvalue weighted by Crippen LogP contribution is -2.01. The van der Waals surface area contributed by atoms with Gasteiger partial charge >= 0.3 is 11.6 Å². The molecule has 0 aliphatic carbocycles. The molecule has 0 fully saturated rings. The molecule has 1 heterocycles. The first-order valence-corrected chi connectivity index (χ1v) is 6.43. The molecule has 4 heteroatoms. The van der Waals surface area contributed by atoms with Crippen molar-refractivity contribution in [1.82, 2.24) is 0 Å². The Morgan fingerprint density at radius 1 is 1.05 bits per heavy atom. The highest BCUT2D eigenvalue weighted by atomic mass is 16.4. The van der Waals surface area contributed by atoms with Crippen molar-refractivity contribution in [3.05, 3.63) is 70.1 Å². The van der Waals surface area contributed by atoms with Gasteiger partial charge in [0, 0.05) is 17.0 Å². The lowest BCUT2D eigenvalue weighted by molar-refractivity contribution is 0.0697. The summed E-state index contributed by atoms with van der Waals surface area (Å²) in [7, 11) is 0. The Hall–Kier alpha value is -2.88. The Kier molecular flexibility index (Phi) is 3.06. The minimum absolute atomic E-state index is 0.0904. The Labute approximate surface area is 120 Å². The lowest BCUT2D eigenvalue weighted by Gasteiger charge is -2.08. The molecular weight excluding hydrogens is 268 g/mol. The normalized spacial score (nSPS) is 10.7. The summed E-state index contributed by atoms with van der Waals surface area (Å²) in [5, 5.41) is 9.74. The fourth-order valence-corrected chi connectivity index (χ4v) is 2.39. The molecular formula is C17H12O4. The first kappa shape index (κ1) is 13.1. The number of carboxylic acid groups (broad SMARTS) is 1. The van der Waals surface area contributed by atoms with Crippen LogP contribution in [0, 0.1) is 6.92 Å². The third-order valence-corrected chi connectivity index (χ3v) is 3.43. The molecule has 0 saturated carbocycles. The molecule has 0 radical (unpaired) electrons. The Bertz CT molecular complexity index is 906. The first-order chi connectivity index (χ1) is 10.1. The van der Waals surface area contributed by atoms with Crippen molar-refractivity contribution in [1.29, 1.82) is 0 Å². The minimum atomic E-state index is -1.05. The van der Waals surface area contributed by atoms with E-state index in [0.717, 1.165) is 16.7 Å². The number of hydrogen-bond donors (Lipinski definition) is 1. The summed E-state index contributed by atoms with van der Waals surface area (Å²) in [6.45, 7) is 1.96. The highest BCUT2D eigenvalue weighted by Crippen LogP contribution is 2.29. The van der Waals surface area contributed by atoms with Crippen LogP contribution in [0.15, 0.2) is 57.7 Å². The zero-order chi connectivity index (χ0) is 15.0. The maximum Gasteiger partial charge on any atom is 0.336 e. The summed E-state index contributed by atoms with van der Waals surface area (Å²) in [5.74, 6) is -1.05. The SMILES string of the molecule is Cc1ccccc1-c1cc(=O)oc2cc(C(=O)O)ccc12. The number of benzene rings is 2. The second kappa shape index (κ2) is 4.90. The van der Waals surface area contributed by atoms with Crippen molar-refractivity contribution < 1.29 is 14.3 Å². The van der Waals surface area contributed by atoms with Crippen molar-refractivity contribution in [2.45, 2.75) is 6.92 Å². The van der Waals surface area contributed by atoms with Crippen LogP contribution in [0.4, 0.5) is 0 Å². The monoisotopic (exact) mass is 280 g/mol. The lowest BCUT2D eigenvalue weighted by atomic mass is 9.97. The van der Waals surface area contributed by atoms with Crippen molar-refractivity contribution in [2.24, 2.45) is 0 Å². The zero-order valence-corrected chi connectivity index (χ0v) is 11.3. The highest BCUT2D eigenvalue weighted by molar-refractivity contribution is 5.98. The third-order valence-electron chi connectivity index (χ3n) is 3.43. The molecule has 0 atom stereocenters. The topological polar surface area (TPSA) is 67.5 Å². The largest absolute Gasteiger partial charge is 0.478 e. The van der Waals surface area contributed by atoms with E-state index in [1.165, 1.54) is 18.2 Å². The van der Waals surface area contributed by atoms with E-state index in [4.69, 9.17) is 9.52 Å². The fraction of sp³-hybridized carbons (Fsp3) is 0.0588. The van der Waals surface area contributed by atoms with Crippen molar-refractivity contribution in [2.75, 3.05) is 0 Å². The molecule has 1 N–H and O–H groups in total. The van der Waals surface area contributed by atoms with Gasteiger partial charge in [0.2, 0.25) is 0 Å². The summed E-state index contributed by atoms with van der Waals surface area (Å²) in [4.78, 5) is 22.8. The predicted molar refractivity (Wildman–Crippen MR) is 79.6 cm³/mol. The number of aromatic carboxylic acids is 1. The zero-order valence-electron chi connectivity index (χ0n) is 11.3. The van der Waals surface area contributed by atoms with Crippen LogP contribution < -0.4 is 5.63 Å². The summed E-state index contributed by atoms with van der Waals surface area (Å²) in [6, 6.07) is 13.7. The Morgan fingerprint density at radius 2 is 1.81 bits per heavy atom. The molecule has 0 bridgehead atoms. The van der Waals surface area contributed by atoms with Gasteiger partial charge in [-0.15, -0.1) is 0 Å². The quantitative estimate of drug-likeness (QED) is 0.730. The van der Waals surface area contributed by atoms with E-state index in [1.54, 1.807) is 6.07 Å². The van der Waals surface area contributed by atoms with Gasteiger partial charge in [-0.05, 0) is 36.2 Å². The number of hydrogen-bond acceptors (Lipinski definition) is 3. The van der Waals surface area contributed by atoms with Crippen molar-refractivity contribution in [3.63, 3.8) is 0 Å². The van der Waals surface area contributed by atoms with Gasteiger partial charge in [-0.25, -0.2) is 9.59 Å². The van der Waals surface area contributed by atoms with Gasteiger partial charge in [0.15, 0.2) is 0 Å². The molecule has 0 spiro atoms. The number of rotatable bonds is 2. The van der Waals surface area contributed by atoms with Gasteiger partial charge in [-0.3, -0.25) is 0 Å². The van der Waals surface area contributed by atoms with E-state index < -0.39 is 11.6 Å². The number of carbonyl (C=O) groups is 1. The number of aryl methyl sites for hydroxylation is 1. The van der Waals surface area contributed by atoms with E-state index in [-0.39, 0.29) is 11.1 Å². The molecule has 0 unspecified atom stereocenters. The number of fused-ring (bicyclic) bond motifs is 1. The predicted octanol–water partition coefficient (Wildman–Crippen LogP) is 3.47. The van der Waals surface area contributed by atoms with Crippen LogP contribution in [0.5, 0.6) is 0 Å². The van der Waals surface area contributed by atoms with Gasteiger partial charge in [0.05, 0.1) is 5.56 Å². The summed E-state index contributed by atoms with van der Waals surface area (Å²) in [6.07, 6.45) is 0. The molecule has 21 heavy (non-hydrogen) atoms. The molecule has 2 aromatic carbocycles. The fourth-order valence-electron chi connectivity index (χ4n) is 2.39. The molecule has 3 aromatic rings. The van der Waals surface area contributed by atoms with Crippen LogP contribution in [0.1, 0.15) is 15.9 Å². The second-order valence-electron chi connectivity index (χ2n) is 4.81. The molecule has 1 aromatic heterocycles. The maximum atomic E-state index is 11.8. The van der Waals surface area contributed by atoms with Crippen LogP contribution in [-0.4, -0.2) is 11.1 Å². The van der Waals surface area contributed by atoms with E-state index >= 15 is 0 Å². The molecule has 0 aliphatic heterocycles. The van der Waals surface area contributed by atoms with Crippen molar-refractivity contribution >= 4 is 16.9 Å².